The highest BCUT2D eigenvalue weighted by Gasteiger charge is 2.48. The number of benzene rings is 5. The number of anilines is 3. The molecule has 3 N–H and O–H groups in total. The van der Waals surface area contributed by atoms with Crippen LogP contribution in [0, 0.1) is 29.0 Å². The fraction of sp³-hybridized carbons (Fsp3) is 0.300. The quantitative estimate of drug-likeness (QED) is 0.125. The molecule has 4 aliphatic heterocycles. The number of likely N-dealkylation sites (tertiary alicyclic amines) is 2. The zero-order chi connectivity index (χ0) is 41.6. The van der Waals surface area contributed by atoms with Crippen molar-refractivity contribution in [3.05, 3.63) is 155 Å². The molecule has 6 aromatic rings. The number of nitrogens with one attached hydrogen (secondary N) is 1. The van der Waals surface area contributed by atoms with E-state index in [0.29, 0.717) is 18.7 Å². The summed E-state index contributed by atoms with van der Waals surface area (Å²) in [6.07, 6.45) is 7.14. The largest absolute Gasteiger partial charge is 0.496 e. The molecule has 0 saturated carbocycles. The molecular formula is C50H48FN7O3. The lowest BCUT2D eigenvalue weighted by Crippen LogP contribution is -2.47. The Labute approximate surface area is 355 Å². The fourth-order valence-corrected chi connectivity index (χ4v) is 10.8. The Morgan fingerprint density at radius 2 is 1.48 bits per heavy atom. The van der Waals surface area contributed by atoms with Crippen molar-refractivity contribution in [3.8, 4) is 34.1 Å². The maximum absolute atomic E-state index is 14.3. The minimum atomic E-state index is -0.265. The zero-order valence-electron chi connectivity index (χ0n) is 34.0. The number of nitrogens with zero attached hydrogens (tertiary/aromatic N) is 6. The maximum atomic E-state index is 14.3. The number of ether oxygens (including phenoxy) is 1. The topological polar surface area (TPSA) is 121 Å². The third kappa shape index (κ3) is 7.09. The summed E-state index contributed by atoms with van der Waals surface area (Å²) in [4.78, 5) is 15.9. The Morgan fingerprint density at radius 3 is 2.23 bits per heavy atom. The molecule has 1 aromatic heterocycles. The van der Waals surface area contributed by atoms with Crippen LogP contribution in [0.1, 0.15) is 52.7 Å². The van der Waals surface area contributed by atoms with Crippen LogP contribution >= 0.6 is 0 Å². The van der Waals surface area contributed by atoms with Crippen LogP contribution in [0.5, 0.6) is 5.75 Å². The molecule has 0 radical (unpaired) electrons. The predicted octanol–water partition coefficient (Wildman–Crippen LogP) is 8.26. The van der Waals surface area contributed by atoms with Gasteiger partial charge in [0.2, 0.25) is 0 Å². The molecule has 0 unspecified atom stereocenters. The van der Waals surface area contributed by atoms with E-state index in [1.165, 1.54) is 11.6 Å². The minimum absolute atomic E-state index is 0.0210. The number of rotatable bonds is 10. The smallest absolute Gasteiger partial charge is 0.125 e. The van der Waals surface area contributed by atoms with Gasteiger partial charge in [0, 0.05) is 83.7 Å². The standard InChI is InChI=1S/C50H48FN7O3/c1-61-48-22-39(11-8-37(48)27-57-16-14-40-45(28-59)55-44-12-9-35(20-42(44)49(40)57)34-6-3-7-38(51)19-34)58-46-13-10-36(33-5-2-4-31(18-33)23-52)21-43(46)50-41(47(58)29-60)15-17-56(50)26-32-24-53-30-54-25-32/h2-13,18-22,24-25,30,40-41,45,47,49-50,55,59-60H,14-17,26-29H2,1H3/t40-,41-,45-,47-,49-,50-/m1/s1. The lowest BCUT2D eigenvalue weighted by Gasteiger charge is -2.46. The SMILES string of the molecule is COc1cc(N2c3ccc(-c4cccc(C#N)c4)cc3[C@H]3[C@H](CCN3Cc3cncnc3)[C@H]2CO)ccc1CN1CC[C@@H]2[C@@H](CO)Nc3ccc(-c4cccc(F)c4)cc3[C@@H]21. The average Bonchev–Trinajstić information content (AvgIpc) is 3.93. The molecule has 10 nitrogen and oxygen atoms in total. The summed E-state index contributed by atoms with van der Waals surface area (Å²) < 4.78 is 20.5. The number of hydrogen-bond acceptors (Lipinski definition) is 10. The van der Waals surface area contributed by atoms with Gasteiger partial charge in [-0.05, 0) is 114 Å². The van der Waals surface area contributed by atoms with Gasteiger partial charge in [-0.1, -0.05) is 42.5 Å². The Morgan fingerprint density at radius 1 is 0.770 bits per heavy atom. The minimum Gasteiger partial charge on any atom is -0.496 e. The second kappa shape index (κ2) is 16.4. The molecule has 6 atom stereocenters. The molecule has 10 rings (SSSR count). The molecule has 308 valence electrons. The van der Waals surface area contributed by atoms with E-state index in [4.69, 9.17) is 4.74 Å². The molecule has 0 aliphatic carbocycles. The second-order valence-electron chi connectivity index (χ2n) is 16.8. The van der Waals surface area contributed by atoms with Gasteiger partial charge in [0.05, 0.1) is 44.0 Å². The summed E-state index contributed by atoms with van der Waals surface area (Å²) in [5, 5.41) is 35.1. The first kappa shape index (κ1) is 39.0. The first-order valence-electron chi connectivity index (χ1n) is 21.2. The summed E-state index contributed by atoms with van der Waals surface area (Å²) in [6.45, 7) is 3.06. The third-order valence-corrected chi connectivity index (χ3v) is 13.5. The van der Waals surface area contributed by atoms with Gasteiger partial charge in [-0.25, -0.2) is 14.4 Å². The summed E-state index contributed by atoms with van der Waals surface area (Å²) in [7, 11) is 1.72. The van der Waals surface area contributed by atoms with Crippen molar-refractivity contribution in [1.82, 2.24) is 19.8 Å². The highest BCUT2D eigenvalue weighted by molar-refractivity contribution is 5.77. The van der Waals surface area contributed by atoms with Crippen LogP contribution in [0.25, 0.3) is 22.3 Å². The molecule has 5 aromatic carbocycles. The Hall–Kier alpha value is -6.16. The van der Waals surface area contributed by atoms with Crippen LogP contribution in [0.2, 0.25) is 0 Å². The van der Waals surface area contributed by atoms with Gasteiger partial charge in [-0.15, -0.1) is 0 Å². The average molecular weight is 814 g/mol. The number of halogens is 1. The highest BCUT2D eigenvalue weighted by Crippen LogP contribution is 2.53. The molecular weight excluding hydrogens is 766 g/mol. The summed E-state index contributed by atoms with van der Waals surface area (Å²) in [5.41, 5.74) is 11.8. The lowest BCUT2D eigenvalue weighted by molar-refractivity contribution is 0.162. The van der Waals surface area contributed by atoms with Gasteiger partial charge in [-0.2, -0.15) is 5.26 Å². The van der Waals surface area contributed by atoms with Gasteiger partial charge in [0.15, 0.2) is 0 Å². The number of aromatic nitrogens is 2. The van der Waals surface area contributed by atoms with Crippen LogP contribution in [-0.2, 0) is 13.1 Å². The highest BCUT2D eigenvalue weighted by atomic mass is 19.1. The van der Waals surface area contributed by atoms with Crippen LogP contribution in [0.4, 0.5) is 21.5 Å². The molecule has 2 fully saturated rings. The molecule has 5 heterocycles. The van der Waals surface area contributed by atoms with Crippen molar-refractivity contribution in [3.63, 3.8) is 0 Å². The monoisotopic (exact) mass is 813 g/mol. The van der Waals surface area contributed by atoms with Gasteiger partial charge in [0.1, 0.15) is 17.9 Å². The van der Waals surface area contributed by atoms with E-state index in [0.717, 1.165) is 87.7 Å². The fourth-order valence-electron chi connectivity index (χ4n) is 10.8. The van der Waals surface area contributed by atoms with Crippen LogP contribution in [0.15, 0.2) is 122 Å². The number of aliphatic hydroxyl groups excluding tert-OH is 2. The zero-order valence-corrected chi connectivity index (χ0v) is 34.0. The Bertz CT molecular complexity index is 2620. The van der Waals surface area contributed by atoms with Gasteiger partial charge in [0.25, 0.3) is 0 Å². The molecule has 0 amide bonds. The number of fused-ring (bicyclic) bond motifs is 6. The van der Waals surface area contributed by atoms with E-state index < -0.39 is 0 Å². The van der Waals surface area contributed by atoms with Crippen molar-refractivity contribution in [1.29, 1.82) is 5.26 Å². The summed E-state index contributed by atoms with van der Waals surface area (Å²) in [5.74, 6) is 0.830. The number of hydrogen-bond donors (Lipinski definition) is 3. The Kier molecular flexibility index (Phi) is 10.5. The van der Waals surface area contributed by atoms with E-state index in [1.807, 2.05) is 48.8 Å². The number of nitriles is 1. The van der Waals surface area contributed by atoms with Crippen LogP contribution in [0.3, 0.4) is 0 Å². The molecule has 4 aliphatic rings. The third-order valence-electron chi connectivity index (χ3n) is 13.5. The number of methoxy groups -OCH3 is 1. The van der Waals surface area contributed by atoms with Gasteiger partial charge >= 0.3 is 0 Å². The normalized spacial score (nSPS) is 23.0. The van der Waals surface area contributed by atoms with Crippen LogP contribution in [-0.4, -0.2) is 75.5 Å². The molecule has 11 heteroatoms. The van der Waals surface area contributed by atoms with Gasteiger partial charge < -0.3 is 25.2 Å². The van der Waals surface area contributed by atoms with Crippen molar-refractivity contribution in [2.75, 3.05) is 43.6 Å². The first-order chi connectivity index (χ1) is 29.9. The van der Waals surface area contributed by atoms with E-state index in [9.17, 15) is 19.9 Å². The lowest BCUT2D eigenvalue weighted by atomic mass is 9.80. The van der Waals surface area contributed by atoms with E-state index in [-0.39, 0.29) is 55.0 Å². The summed E-state index contributed by atoms with van der Waals surface area (Å²) >= 11 is 0. The second-order valence-corrected chi connectivity index (χ2v) is 16.8. The van der Waals surface area contributed by atoms with Crippen molar-refractivity contribution >= 4 is 17.1 Å². The number of aliphatic hydroxyl groups is 2. The molecule has 61 heavy (non-hydrogen) atoms. The maximum Gasteiger partial charge on any atom is 0.125 e. The predicted molar refractivity (Wildman–Crippen MR) is 233 cm³/mol. The molecule has 0 bridgehead atoms. The van der Waals surface area contributed by atoms with Crippen molar-refractivity contribution in [2.45, 2.75) is 50.1 Å². The van der Waals surface area contributed by atoms with Crippen molar-refractivity contribution in [2.24, 2.45) is 11.8 Å². The van der Waals surface area contributed by atoms with E-state index in [2.05, 4.69) is 84.6 Å². The molecule has 2 saturated heterocycles. The Balaban J connectivity index is 1.01. The van der Waals surface area contributed by atoms with Crippen molar-refractivity contribution < 1.29 is 19.3 Å². The van der Waals surface area contributed by atoms with E-state index in [1.54, 1.807) is 25.6 Å². The van der Waals surface area contributed by atoms with E-state index >= 15 is 0 Å². The summed E-state index contributed by atoms with van der Waals surface area (Å²) in [6, 6.07) is 35.8. The first-order valence-corrected chi connectivity index (χ1v) is 21.2. The molecule has 0 spiro atoms. The van der Waals surface area contributed by atoms with Gasteiger partial charge in [-0.3, -0.25) is 9.80 Å². The van der Waals surface area contributed by atoms with Crippen LogP contribution < -0.4 is 15.0 Å².